The molecule has 0 radical (unpaired) electrons. The zero-order chi connectivity index (χ0) is 13.0. The van der Waals surface area contributed by atoms with Crippen molar-refractivity contribution >= 4 is 34.8 Å². The van der Waals surface area contributed by atoms with Gasteiger partial charge in [0.2, 0.25) is 0 Å². The highest BCUT2D eigenvalue weighted by atomic mass is 35.5. The summed E-state index contributed by atoms with van der Waals surface area (Å²) in [5, 5.41) is 6.83. The fourth-order valence-electron chi connectivity index (χ4n) is 1.20. The Morgan fingerprint density at radius 1 is 1.44 bits per heavy atom. The molecule has 0 saturated carbocycles. The molecule has 2 rings (SSSR count). The lowest BCUT2D eigenvalue weighted by Gasteiger charge is -2.07. The van der Waals surface area contributed by atoms with Crippen LogP contribution in [-0.4, -0.2) is 17.7 Å². The SMILES string of the molecule is O=C(COc1ccc(Cl)cc1Cl)Nc1cnoc1. The molecule has 0 aliphatic carbocycles. The Morgan fingerprint density at radius 3 is 2.94 bits per heavy atom. The van der Waals surface area contributed by atoms with E-state index >= 15 is 0 Å². The van der Waals surface area contributed by atoms with Crippen molar-refractivity contribution in [2.24, 2.45) is 0 Å². The number of nitrogens with one attached hydrogen (secondary N) is 1. The van der Waals surface area contributed by atoms with Gasteiger partial charge in [0, 0.05) is 5.02 Å². The van der Waals surface area contributed by atoms with E-state index in [1.165, 1.54) is 18.5 Å². The molecule has 7 heteroatoms. The van der Waals surface area contributed by atoms with Crippen molar-refractivity contribution < 1.29 is 14.1 Å². The van der Waals surface area contributed by atoms with Crippen LogP contribution in [0.15, 0.2) is 35.2 Å². The largest absolute Gasteiger partial charge is 0.482 e. The van der Waals surface area contributed by atoms with E-state index in [9.17, 15) is 4.79 Å². The van der Waals surface area contributed by atoms with Gasteiger partial charge in [0.15, 0.2) is 6.61 Å². The van der Waals surface area contributed by atoms with Gasteiger partial charge in [-0.05, 0) is 18.2 Å². The van der Waals surface area contributed by atoms with Crippen LogP contribution in [0.2, 0.25) is 10.0 Å². The minimum absolute atomic E-state index is 0.174. The Hall–Kier alpha value is -1.72. The summed E-state index contributed by atoms with van der Waals surface area (Å²) in [5.41, 5.74) is 0.464. The molecule has 5 nitrogen and oxygen atoms in total. The summed E-state index contributed by atoms with van der Waals surface area (Å²) in [6.07, 6.45) is 2.69. The van der Waals surface area contributed by atoms with Crippen LogP contribution in [0.25, 0.3) is 0 Å². The maximum atomic E-state index is 11.5. The average molecular weight is 287 g/mol. The number of hydrogen-bond donors (Lipinski definition) is 1. The summed E-state index contributed by atoms with van der Waals surface area (Å²) in [4.78, 5) is 11.5. The van der Waals surface area contributed by atoms with Crippen molar-refractivity contribution in [2.45, 2.75) is 0 Å². The number of ether oxygens (including phenoxy) is 1. The first kappa shape index (κ1) is 12.7. The molecule has 1 amide bonds. The lowest BCUT2D eigenvalue weighted by molar-refractivity contribution is -0.118. The van der Waals surface area contributed by atoms with Gasteiger partial charge in [-0.1, -0.05) is 28.4 Å². The minimum Gasteiger partial charge on any atom is -0.482 e. The standard InChI is InChI=1S/C11H8Cl2N2O3/c12-7-1-2-10(9(13)3-7)17-6-11(16)15-8-4-14-18-5-8/h1-5H,6H2,(H,15,16). The van der Waals surface area contributed by atoms with Crippen molar-refractivity contribution in [3.63, 3.8) is 0 Å². The molecule has 0 unspecified atom stereocenters. The van der Waals surface area contributed by atoms with Gasteiger partial charge in [-0.15, -0.1) is 0 Å². The van der Waals surface area contributed by atoms with Crippen molar-refractivity contribution in [2.75, 3.05) is 11.9 Å². The number of nitrogens with zero attached hydrogens (tertiary/aromatic N) is 1. The zero-order valence-electron chi connectivity index (χ0n) is 9.02. The highest BCUT2D eigenvalue weighted by Gasteiger charge is 2.07. The fourth-order valence-corrected chi connectivity index (χ4v) is 1.66. The third-order valence-electron chi connectivity index (χ3n) is 1.97. The molecule has 0 atom stereocenters. The summed E-state index contributed by atoms with van der Waals surface area (Å²) < 4.78 is 9.82. The maximum Gasteiger partial charge on any atom is 0.262 e. The molecule has 0 spiro atoms. The van der Waals surface area contributed by atoms with E-state index in [-0.39, 0.29) is 12.5 Å². The molecule has 2 aromatic rings. The number of hydrogen-bond acceptors (Lipinski definition) is 4. The van der Waals surface area contributed by atoms with E-state index in [0.29, 0.717) is 21.5 Å². The Labute approximate surface area is 113 Å². The van der Waals surface area contributed by atoms with E-state index in [4.69, 9.17) is 27.9 Å². The molecule has 1 aromatic carbocycles. The highest BCUT2D eigenvalue weighted by Crippen LogP contribution is 2.27. The molecule has 0 bridgehead atoms. The van der Waals surface area contributed by atoms with E-state index in [1.54, 1.807) is 12.1 Å². The van der Waals surface area contributed by atoms with Gasteiger partial charge in [-0.25, -0.2) is 0 Å². The zero-order valence-corrected chi connectivity index (χ0v) is 10.5. The first-order valence-corrected chi connectivity index (χ1v) is 5.68. The van der Waals surface area contributed by atoms with E-state index in [0.717, 1.165) is 0 Å². The van der Waals surface area contributed by atoms with Crippen molar-refractivity contribution in [1.82, 2.24) is 5.16 Å². The van der Waals surface area contributed by atoms with Gasteiger partial charge in [-0.2, -0.15) is 0 Å². The summed E-state index contributed by atoms with van der Waals surface area (Å²) >= 11 is 11.6. The van der Waals surface area contributed by atoms with Gasteiger partial charge in [-0.3, -0.25) is 4.79 Å². The van der Waals surface area contributed by atoms with Crippen LogP contribution in [0.3, 0.4) is 0 Å². The van der Waals surface area contributed by atoms with E-state index in [2.05, 4.69) is 15.0 Å². The molecular formula is C11H8Cl2N2O3. The maximum absolute atomic E-state index is 11.5. The topological polar surface area (TPSA) is 64.4 Å². The van der Waals surface area contributed by atoms with Crippen molar-refractivity contribution in [1.29, 1.82) is 0 Å². The second kappa shape index (κ2) is 5.75. The number of carbonyl (C=O) groups excluding carboxylic acids is 1. The van der Waals surface area contributed by atoms with E-state index in [1.807, 2.05) is 0 Å². The third kappa shape index (κ3) is 3.38. The van der Waals surface area contributed by atoms with Crippen molar-refractivity contribution in [3.8, 4) is 5.75 Å². The van der Waals surface area contributed by atoms with Crippen LogP contribution in [0.5, 0.6) is 5.75 Å². The molecule has 0 fully saturated rings. The summed E-state index contributed by atoms with van der Waals surface area (Å²) in [6.45, 7) is -0.174. The fraction of sp³-hybridized carbons (Fsp3) is 0.0909. The number of anilines is 1. The number of halogens is 2. The first-order chi connectivity index (χ1) is 8.65. The highest BCUT2D eigenvalue weighted by molar-refractivity contribution is 6.35. The number of aromatic nitrogens is 1. The summed E-state index contributed by atoms with van der Waals surface area (Å²) in [6, 6.07) is 4.76. The van der Waals surface area contributed by atoms with Crippen LogP contribution in [0.1, 0.15) is 0 Å². The van der Waals surface area contributed by atoms with Crippen molar-refractivity contribution in [3.05, 3.63) is 40.7 Å². The molecule has 94 valence electrons. The summed E-state index contributed by atoms with van der Waals surface area (Å²) in [7, 11) is 0. The predicted molar refractivity (Wildman–Crippen MR) is 67.1 cm³/mol. The lowest BCUT2D eigenvalue weighted by Crippen LogP contribution is -2.19. The second-order valence-electron chi connectivity index (χ2n) is 3.32. The quantitative estimate of drug-likeness (QED) is 0.938. The molecule has 1 aromatic heterocycles. The monoisotopic (exact) mass is 286 g/mol. The van der Waals surface area contributed by atoms with Crippen LogP contribution in [0.4, 0.5) is 5.69 Å². The van der Waals surface area contributed by atoms with Gasteiger partial charge >= 0.3 is 0 Å². The molecule has 0 aliphatic rings. The molecule has 1 N–H and O–H groups in total. The number of carbonyl (C=O) groups is 1. The Bertz CT molecular complexity index is 543. The smallest absolute Gasteiger partial charge is 0.262 e. The first-order valence-electron chi connectivity index (χ1n) is 4.92. The molecule has 0 saturated heterocycles. The molecule has 1 heterocycles. The second-order valence-corrected chi connectivity index (χ2v) is 4.17. The van der Waals surface area contributed by atoms with Gasteiger partial charge in [0.1, 0.15) is 17.7 Å². The Morgan fingerprint density at radius 2 is 2.28 bits per heavy atom. The normalized spacial score (nSPS) is 10.1. The number of amides is 1. The third-order valence-corrected chi connectivity index (χ3v) is 2.50. The summed E-state index contributed by atoms with van der Waals surface area (Å²) in [5.74, 6) is 0.0470. The Balaban J connectivity index is 1.89. The van der Waals surface area contributed by atoms with Gasteiger partial charge in [0.25, 0.3) is 5.91 Å². The number of benzene rings is 1. The molecular weight excluding hydrogens is 279 g/mol. The average Bonchev–Trinajstić information content (AvgIpc) is 2.80. The number of rotatable bonds is 4. The van der Waals surface area contributed by atoms with E-state index < -0.39 is 0 Å². The molecule has 0 aliphatic heterocycles. The lowest BCUT2D eigenvalue weighted by atomic mass is 10.3. The van der Waals surface area contributed by atoms with Crippen LogP contribution in [0, 0.1) is 0 Å². The van der Waals surface area contributed by atoms with Crippen LogP contribution in [-0.2, 0) is 4.79 Å². The van der Waals surface area contributed by atoms with Crippen LogP contribution < -0.4 is 10.1 Å². The van der Waals surface area contributed by atoms with Gasteiger partial charge in [0.05, 0.1) is 11.2 Å². The Kier molecular flexibility index (Phi) is 4.07. The molecule has 18 heavy (non-hydrogen) atoms. The minimum atomic E-state index is -0.343. The van der Waals surface area contributed by atoms with Crippen LogP contribution >= 0.6 is 23.2 Å². The van der Waals surface area contributed by atoms with Gasteiger partial charge < -0.3 is 14.6 Å². The predicted octanol–water partition coefficient (Wildman–Crippen LogP) is 3.00.